The Balaban J connectivity index is 1.88. The van der Waals surface area contributed by atoms with Gasteiger partial charge in [-0.2, -0.15) is 16.8 Å². The van der Waals surface area contributed by atoms with E-state index in [0.717, 1.165) is 0 Å². The van der Waals surface area contributed by atoms with E-state index in [2.05, 4.69) is 15.0 Å². The third-order valence-corrected chi connectivity index (χ3v) is 6.31. The van der Waals surface area contributed by atoms with Crippen LogP contribution in [0.15, 0.2) is 88.9 Å². The second-order valence-corrected chi connectivity index (χ2v) is 9.51. The SMILES string of the molecule is O=S(=O)(O)c1ccc(-c2cnc(-c3ccccn3)nc2-c2ccc(S(=O)(=O)O)cc2)cc1. The molecule has 0 fully saturated rings. The summed E-state index contributed by atoms with van der Waals surface area (Å²) in [5.74, 6) is 0.331. The highest BCUT2D eigenvalue weighted by molar-refractivity contribution is 7.86. The summed E-state index contributed by atoms with van der Waals surface area (Å²) in [6, 6.07) is 16.3. The van der Waals surface area contributed by atoms with Crippen LogP contribution in [0.5, 0.6) is 0 Å². The fourth-order valence-corrected chi connectivity index (χ4v) is 3.98. The molecule has 0 aliphatic heterocycles. The Bertz CT molecular complexity index is 1490. The van der Waals surface area contributed by atoms with Crippen molar-refractivity contribution in [3.63, 3.8) is 0 Å². The van der Waals surface area contributed by atoms with Crippen molar-refractivity contribution in [2.45, 2.75) is 9.79 Å². The standard InChI is InChI=1S/C21H15N3O6S2/c25-31(26,27)16-8-4-14(5-9-16)18-13-23-21(19-3-1-2-12-22-19)24-20(18)15-6-10-17(11-7-15)32(28,29)30/h1-13H,(H,25,26,27)(H,28,29,30). The zero-order valence-electron chi connectivity index (χ0n) is 16.2. The van der Waals surface area contributed by atoms with Crippen molar-refractivity contribution >= 4 is 20.2 Å². The van der Waals surface area contributed by atoms with Crippen molar-refractivity contribution in [1.82, 2.24) is 15.0 Å². The maximum absolute atomic E-state index is 11.4. The van der Waals surface area contributed by atoms with E-state index in [9.17, 15) is 25.9 Å². The monoisotopic (exact) mass is 469 g/mol. The summed E-state index contributed by atoms with van der Waals surface area (Å²) in [6.45, 7) is 0. The molecular weight excluding hydrogens is 454 g/mol. The first-order valence-corrected chi connectivity index (χ1v) is 12.0. The van der Waals surface area contributed by atoms with Crippen LogP contribution in [0.2, 0.25) is 0 Å². The van der Waals surface area contributed by atoms with Crippen LogP contribution in [0.25, 0.3) is 33.9 Å². The van der Waals surface area contributed by atoms with Crippen LogP contribution in [-0.2, 0) is 20.2 Å². The van der Waals surface area contributed by atoms with Gasteiger partial charge in [0.25, 0.3) is 20.2 Å². The molecule has 2 aromatic heterocycles. The van der Waals surface area contributed by atoms with Crippen LogP contribution >= 0.6 is 0 Å². The molecule has 0 saturated heterocycles. The maximum Gasteiger partial charge on any atom is 0.294 e. The summed E-state index contributed by atoms with van der Waals surface area (Å²) in [5.41, 5.74) is 2.59. The summed E-state index contributed by atoms with van der Waals surface area (Å²) in [5, 5.41) is 0. The molecule has 0 radical (unpaired) electrons. The second kappa shape index (κ2) is 8.20. The smallest absolute Gasteiger partial charge is 0.282 e. The molecule has 32 heavy (non-hydrogen) atoms. The zero-order chi connectivity index (χ0) is 22.9. The Labute approximate surface area is 184 Å². The van der Waals surface area contributed by atoms with Crippen molar-refractivity contribution in [3.8, 4) is 33.9 Å². The molecule has 4 aromatic rings. The van der Waals surface area contributed by atoms with E-state index in [1.165, 1.54) is 48.5 Å². The predicted octanol–water partition coefficient (Wildman–Crippen LogP) is 3.37. The van der Waals surface area contributed by atoms with Gasteiger partial charge in [0.2, 0.25) is 0 Å². The van der Waals surface area contributed by atoms with Crippen LogP contribution in [0.4, 0.5) is 0 Å². The molecule has 0 saturated carbocycles. The van der Waals surface area contributed by atoms with E-state index in [0.29, 0.717) is 33.9 Å². The fraction of sp³-hybridized carbons (Fsp3) is 0. The highest BCUT2D eigenvalue weighted by Gasteiger charge is 2.16. The van der Waals surface area contributed by atoms with E-state index >= 15 is 0 Å². The zero-order valence-corrected chi connectivity index (χ0v) is 17.8. The number of hydrogen-bond acceptors (Lipinski definition) is 7. The van der Waals surface area contributed by atoms with Crippen molar-refractivity contribution in [2.75, 3.05) is 0 Å². The number of benzene rings is 2. The van der Waals surface area contributed by atoms with E-state index in [4.69, 9.17) is 0 Å². The largest absolute Gasteiger partial charge is 0.294 e. The molecule has 4 rings (SSSR count). The minimum Gasteiger partial charge on any atom is -0.282 e. The Kier molecular flexibility index (Phi) is 5.57. The molecule has 2 N–H and O–H groups in total. The highest BCUT2D eigenvalue weighted by Crippen LogP contribution is 2.32. The van der Waals surface area contributed by atoms with E-state index < -0.39 is 20.2 Å². The number of aromatic nitrogens is 3. The van der Waals surface area contributed by atoms with Crippen molar-refractivity contribution in [2.24, 2.45) is 0 Å². The Morgan fingerprint density at radius 1 is 0.656 bits per heavy atom. The van der Waals surface area contributed by atoms with Gasteiger partial charge in [0, 0.05) is 23.5 Å². The predicted molar refractivity (Wildman–Crippen MR) is 116 cm³/mol. The van der Waals surface area contributed by atoms with Gasteiger partial charge in [-0.1, -0.05) is 30.3 Å². The van der Waals surface area contributed by atoms with Gasteiger partial charge in [-0.25, -0.2) is 9.97 Å². The summed E-state index contributed by atoms with van der Waals surface area (Å²) in [4.78, 5) is 12.7. The first-order chi connectivity index (χ1) is 15.1. The minimum atomic E-state index is -4.36. The van der Waals surface area contributed by atoms with Gasteiger partial charge in [0.15, 0.2) is 5.82 Å². The van der Waals surface area contributed by atoms with Gasteiger partial charge in [0.05, 0.1) is 15.5 Å². The molecule has 0 aliphatic carbocycles. The summed E-state index contributed by atoms with van der Waals surface area (Å²) in [6.07, 6.45) is 3.15. The lowest BCUT2D eigenvalue weighted by Gasteiger charge is -2.11. The molecular formula is C21H15N3O6S2. The van der Waals surface area contributed by atoms with Gasteiger partial charge in [-0.3, -0.25) is 14.1 Å². The number of nitrogens with zero attached hydrogens (tertiary/aromatic N) is 3. The van der Waals surface area contributed by atoms with Crippen molar-refractivity contribution < 1.29 is 25.9 Å². The van der Waals surface area contributed by atoms with Gasteiger partial charge in [-0.15, -0.1) is 0 Å². The van der Waals surface area contributed by atoms with Crippen molar-refractivity contribution in [3.05, 3.63) is 79.1 Å². The first-order valence-electron chi connectivity index (χ1n) is 9.07. The first kappa shape index (κ1) is 21.7. The van der Waals surface area contributed by atoms with Gasteiger partial charge in [0.1, 0.15) is 5.69 Å². The Morgan fingerprint density at radius 2 is 1.22 bits per heavy atom. The number of hydrogen-bond donors (Lipinski definition) is 2. The molecule has 0 unspecified atom stereocenters. The molecule has 11 heteroatoms. The summed E-state index contributed by atoms with van der Waals surface area (Å²) in [7, 11) is -8.70. The fourth-order valence-electron chi connectivity index (χ4n) is 3.02. The number of rotatable bonds is 5. The average Bonchev–Trinajstić information content (AvgIpc) is 2.78. The quantitative estimate of drug-likeness (QED) is 0.420. The van der Waals surface area contributed by atoms with Gasteiger partial charge < -0.3 is 0 Å². The molecule has 162 valence electrons. The summed E-state index contributed by atoms with van der Waals surface area (Å²) < 4.78 is 63.9. The second-order valence-electron chi connectivity index (χ2n) is 6.67. The normalized spacial score (nSPS) is 11.9. The van der Waals surface area contributed by atoms with E-state index in [1.54, 1.807) is 30.6 Å². The van der Waals surface area contributed by atoms with Crippen LogP contribution < -0.4 is 0 Å². The molecule has 2 heterocycles. The van der Waals surface area contributed by atoms with E-state index in [-0.39, 0.29) is 9.79 Å². The average molecular weight is 470 g/mol. The topological polar surface area (TPSA) is 147 Å². The maximum atomic E-state index is 11.4. The third kappa shape index (κ3) is 4.55. The molecule has 0 spiro atoms. The lowest BCUT2D eigenvalue weighted by atomic mass is 10.0. The molecule has 0 bridgehead atoms. The van der Waals surface area contributed by atoms with Crippen LogP contribution in [0.1, 0.15) is 0 Å². The third-order valence-electron chi connectivity index (χ3n) is 4.57. The lowest BCUT2D eigenvalue weighted by molar-refractivity contribution is 0.481. The highest BCUT2D eigenvalue weighted by atomic mass is 32.2. The Morgan fingerprint density at radius 3 is 1.72 bits per heavy atom. The lowest BCUT2D eigenvalue weighted by Crippen LogP contribution is -2.00. The van der Waals surface area contributed by atoms with E-state index in [1.807, 2.05) is 0 Å². The van der Waals surface area contributed by atoms with Crippen LogP contribution in [0.3, 0.4) is 0 Å². The summed E-state index contributed by atoms with van der Waals surface area (Å²) >= 11 is 0. The molecule has 2 aromatic carbocycles. The Hall–Kier alpha value is -3.51. The van der Waals surface area contributed by atoms with Crippen LogP contribution in [0, 0.1) is 0 Å². The number of pyridine rings is 1. The van der Waals surface area contributed by atoms with Crippen molar-refractivity contribution in [1.29, 1.82) is 0 Å². The van der Waals surface area contributed by atoms with Crippen LogP contribution in [-0.4, -0.2) is 40.9 Å². The molecule has 0 atom stereocenters. The van der Waals surface area contributed by atoms with Gasteiger partial charge >= 0.3 is 0 Å². The minimum absolute atomic E-state index is 0.258. The molecule has 0 aliphatic rings. The molecule has 0 amide bonds. The molecule has 9 nitrogen and oxygen atoms in total. The van der Waals surface area contributed by atoms with Gasteiger partial charge in [-0.05, 0) is 42.0 Å².